The first kappa shape index (κ1) is 67.5. The van der Waals surface area contributed by atoms with Gasteiger partial charge < -0.3 is 81.2 Å². The highest BCUT2D eigenvalue weighted by molar-refractivity contribution is 5.99. The van der Waals surface area contributed by atoms with Gasteiger partial charge in [-0.1, -0.05) is 48.0 Å². The Balaban J connectivity index is 3.30. The van der Waals surface area contributed by atoms with E-state index in [-0.39, 0.29) is 75.9 Å². The maximum absolute atomic E-state index is 14.4. The SMILES string of the molecule is CC[C@H](C)[C@H](N)C(=O)N[C@@H](CC(C)C)C(=O)N[C@@H](C)C(=O)NCC(=O)N[C@@H](CCCCN)C(=O)N[C@@H](CCC(N)=O)C(=O)N[C@@H](CCCCN)C(=O)N1CCC[C@H]1C(=O)N[C@@H](CC(N)=O)C(=O)N[C@@H](CC(C)C)C(=O)O. The highest BCUT2D eigenvalue weighted by Crippen LogP contribution is 2.21. The van der Waals surface area contributed by atoms with E-state index in [2.05, 4.69) is 42.5 Å². The molecule has 0 bridgehead atoms. The van der Waals surface area contributed by atoms with Crippen LogP contribution in [0.1, 0.15) is 138 Å². The molecule has 0 aromatic rings. The zero-order valence-electron chi connectivity index (χ0n) is 45.3. The quantitative estimate of drug-likeness (QED) is 0.0268. The fourth-order valence-electron chi connectivity index (χ4n) is 8.19. The minimum atomic E-state index is -1.59. The number of nitrogens with two attached hydrogens (primary N) is 5. The number of aliphatic carboxylic acids is 1. The van der Waals surface area contributed by atoms with Crippen LogP contribution in [0.3, 0.4) is 0 Å². The fraction of sp³-hybridized carbons (Fsp3) is 0.755. The molecule has 0 spiro atoms. The van der Waals surface area contributed by atoms with Gasteiger partial charge in [0.25, 0.3) is 0 Å². The van der Waals surface area contributed by atoms with E-state index in [9.17, 15) is 62.6 Å². The van der Waals surface area contributed by atoms with Gasteiger partial charge in [0.1, 0.15) is 48.3 Å². The second-order valence-electron chi connectivity index (χ2n) is 20.3. The maximum Gasteiger partial charge on any atom is 0.326 e. The molecular formula is C49H88N14O13. The molecule has 10 atom stereocenters. The van der Waals surface area contributed by atoms with Crippen LogP contribution >= 0.6 is 0 Å². The number of likely N-dealkylation sites (tertiary alicyclic amines) is 1. The summed E-state index contributed by atoms with van der Waals surface area (Å²) in [4.78, 5) is 159. The van der Waals surface area contributed by atoms with Gasteiger partial charge in [0, 0.05) is 13.0 Å². The van der Waals surface area contributed by atoms with Crippen molar-refractivity contribution in [3.8, 4) is 0 Å². The summed E-state index contributed by atoms with van der Waals surface area (Å²) in [5.74, 6) is -10.5. The Morgan fingerprint density at radius 1 is 0.579 bits per heavy atom. The van der Waals surface area contributed by atoms with Crippen molar-refractivity contribution >= 4 is 70.9 Å². The summed E-state index contributed by atoms with van der Waals surface area (Å²) in [7, 11) is 0. The topological polar surface area (TPSA) is 455 Å². The third kappa shape index (κ3) is 24.9. The summed E-state index contributed by atoms with van der Waals surface area (Å²) < 4.78 is 0. The first-order valence-electron chi connectivity index (χ1n) is 26.3. The van der Waals surface area contributed by atoms with Gasteiger partial charge >= 0.3 is 5.97 Å². The van der Waals surface area contributed by atoms with Crippen LogP contribution in [0.15, 0.2) is 0 Å². The van der Waals surface area contributed by atoms with E-state index in [0.29, 0.717) is 38.5 Å². The van der Waals surface area contributed by atoms with Crippen LogP contribution in [-0.4, -0.2) is 162 Å². The van der Waals surface area contributed by atoms with Gasteiger partial charge in [-0.2, -0.15) is 0 Å². The van der Waals surface area contributed by atoms with Crippen LogP contribution < -0.4 is 71.2 Å². The van der Waals surface area contributed by atoms with Crippen LogP contribution in [0.5, 0.6) is 0 Å². The second kappa shape index (κ2) is 35.0. The number of carbonyl (C=O) groups excluding carboxylic acids is 11. The van der Waals surface area contributed by atoms with Crippen LogP contribution in [0, 0.1) is 17.8 Å². The lowest BCUT2D eigenvalue weighted by Gasteiger charge is -2.31. The Hall–Kier alpha value is -6.48. The highest BCUT2D eigenvalue weighted by atomic mass is 16.4. The number of carboxylic acid groups (broad SMARTS) is 1. The van der Waals surface area contributed by atoms with Gasteiger partial charge in [0.2, 0.25) is 65.0 Å². The number of amides is 11. The van der Waals surface area contributed by atoms with E-state index >= 15 is 0 Å². The summed E-state index contributed by atoms with van der Waals surface area (Å²) in [5.41, 5.74) is 28.3. The van der Waals surface area contributed by atoms with Crippen LogP contribution in [0.4, 0.5) is 0 Å². The average Bonchev–Trinajstić information content (AvgIpc) is 3.84. The van der Waals surface area contributed by atoms with Crippen molar-refractivity contribution in [3.05, 3.63) is 0 Å². The first-order valence-corrected chi connectivity index (χ1v) is 26.3. The van der Waals surface area contributed by atoms with Crippen LogP contribution in [0.25, 0.3) is 0 Å². The predicted molar refractivity (Wildman–Crippen MR) is 279 cm³/mol. The second-order valence-corrected chi connectivity index (χ2v) is 20.3. The monoisotopic (exact) mass is 1080 g/mol. The molecule has 1 aliphatic heterocycles. The Labute approximate surface area is 445 Å². The van der Waals surface area contributed by atoms with Gasteiger partial charge in [-0.3, -0.25) is 52.7 Å². The molecule has 19 N–H and O–H groups in total. The third-order valence-electron chi connectivity index (χ3n) is 12.7. The molecule has 27 heteroatoms. The van der Waals surface area contributed by atoms with Crippen molar-refractivity contribution in [1.29, 1.82) is 0 Å². The van der Waals surface area contributed by atoms with Crippen molar-refractivity contribution < 1.29 is 62.6 Å². The third-order valence-corrected chi connectivity index (χ3v) is 12.7. The number of carbonyl (C=O) groups is 12. The molecule has 1 saturated heterocycles. The number of hydrogen-bond acceptors (Lipinski definition) is 15. The maximum atomic E-state index is 14.4. The summed E-state index contributed by atoms with van der Waals surface area (Å²) in [6, 6.07) is -11.3. The molecule has 1 heterocycles. The van der Waals surface area contributed by atoms with E-state index in [0.717, 1.165) is 0 Å². The molecule has 0 aromatic carbocycles. The van der Waals surface area contributed by atoms with Crippen LogP contribution in [0.2, 0.25) is 0 Å². The summed E-state index contributed by atoms with van der Waals surface area (Å²) in [5, 5.41) is 29.8. The summed E-state index contributed by atoms with van der Waals surface area (Å²) >= 11 is 0. The first-order chi connectivity index (χ1) is 35.7. The smallest absolute Gasteiger partial charge is 0.326 e. The van der Waals surface area contributed by atoms with Gasteiger partial charge in [-0.25, -0.2) is 4.79 Å². The Bertz CT molecular complexity index is 1990. The van der Waals surface area contributed by atoms with Gasteiger partial charge in [-0.15, -0.1) is 0 Å². The molecule has 11 amide bonds. The average molecular weight is 1080 g/mol. The Morgan fingerprint density at radius 2 is 1.08 bits per heavy atom. The van der Waals surface area contributed by atoms with Crippen LogP contribution in [-0.2, 0) is 57.5 Å². The molecule has 1 aliphatic rings. The van der Waals surface area contributed by atoms with E-state index in [1.54, 1.807) is 13.8 Å². The zero-order chi connectivity index (χ0) is 57.8. The van der Waals surface area contributed by atoms with Crippen molar-refractivity contribution in [2.75, 3.05) is 26.2 Å². The lowest BCUT2D eigenvalue weighted by molar-refractivity contribution is -0.144. The molecule has 0 radical (unpaired) electrons. The van der Waals surface area contributed by atoms with E-state index in [1.165, 1.54) is 11.8 Å². The normalized spacial score (nSPS) is 16.8. The Morgan fingerprint density at radius 3 is 1.61 bits per heavy atom. The molecule has 0 unspecified atom stereocenters. The number of rotatable bonds is 37. The van der Waals surface area contributed by atoms with Gasteiger partial charge in [0.15, 0.2) is 0 Å². The molecule has 27 nitrogen and oxygen atoms in total. The predicted octanol–water partition coefficient (Wildman–Crippen LogP) is -3.54. The minimum absolute atomic E-state index is 0.0101. The lowest BCUT2D eigenvalue weighted by Crippen LogP contribution is -2.59. The largest absolute Gasteiger partial charge is 0.480 e. The van der Waals surface area contributed by atoms with Gasteiger partial charge in [-0.05, 0) is 108 Å². The number of nitrogens with zero attached hydrogens (tertiary/aromatic N) is 1. The van der Waals surface area contributed by atoms with E-state index in [1.807, 2.05) is 27.7 Å². The molecule has 432 valence electrons. The molecule has 0 aliphatic carbocycles. The van der Waals surface area contributed by atoms with Crippen molar-refractivity contribution in [2.45, 2.75) is 193 Å². The molecule has 0 saturated carbocycles. The standard InChI is InChI=1S/C49H88N14O13/c1-8-28(6)40(54)47(73)61-33(22-26(2)3)44(70)56-29(7)41(67)55-25-39(66)57-30(14-9-11-19-50)42(68)58-31(17-18-37(52)64)43(69)59-32(15-10-12-20-51)48(74)63-21-13-16-36(63)46(72)60-34(24-38(53)65)45(71)62-35(49(75)76)23-27(4)5/h26-36,40H,8-25,50-51,54H2,1-7H3,(H2,52,64)(H2,53,65)(H,55,67)(H,56,70)(H,57,66)(H,58,68)(H,59,69)(H,60,72)(H,61,73)(H,62,71)(H,75,76)/t28-,29-,30-,31-,32-,33-,34-,35-,36-,40-/m0/s1. The fourth-order valence-corrected chi connectivity index (χ4v) is 8.19. The molecule has 1 fully saturated rings. The van der Waals surface area contributed by atoms with E-state index in [4.69, 9.17) is 28.7 Å². The highest BCUT2D eigenvalue weighted by Gasteiger charge is 2.40. The summed E-state index contributed by atoms with van der Waals surface area (Å²) in [6.07, 6.45) is 1.47. The van der Waals surface area contributed by atoms with Crippen molar-refractivity contribution in [3.63, 3.8) is 0 Å². The number of hydrogen-bond donors (Lipinski definition) is 14. The molecule has 1 rings (SSSR count). The minimum Gasteiger partial charge on any atom is -0.480 e. The number of nitrogens with one attached hydrogen (secondary N) is 8. The van der Waals surface area contributed by atoms with Crippen molar-refractivity contribution in [2.24, 2.45) is 46.4 Å². The molecule has 76 heavy (non-hydrogen) atoms. The van der Waals surface area contributed by atoms with Crippen molar-refractivity contribution in [1.82, 2.24) is 47.4 Å². The Kier molecular flexibility index (Phi) is 31.1. The number of primary amides is 2. The number of unbranched alkanes of at least 4 members (excludes halogenated alkanes) is 2. The summed E-state index contributed by atoms with van der Waals surface area (Å²) in [6.45, 7) is 12.1. The van der Waals surface area contributed by atoms with E-state index < -0.39 is 145 Å². The number of carboxylic acids is 1. The lowest BCUT2D eigenvalue weighted by atomic mass is 9.97. The zero-order valence-corrected chi connectivity index (χ0v) is 45.3. The van der Waals surface area contributed by atoms with Gasteiger partial charge in [0.05, 0.1) is 19.0 Å². The molecule has 0 aromatic heterocycles. The molecular weight excluding hydrogens is 993 g/mol.